The summed E-state index contributed by atoms with van der Waals surface area (Å²) in [6.45, 7) is 0.272. The van der Waals surface area contributed by atoms with E-state index in [-0.39, 0.29) is 12.4 Å². The van der Waals surface area contributed by atoms with Gasteiger partial charge >= 0.3 is 0 Å². The minimum absolute atomic E-state index is 0.272. The molecule has 0 radical (unpaired) electrons. The Labute approximate surface area is 158 Å². The van der Waals surface area contributed by atoms with Crippen LogP contribution in [-0.2, 0) is 6.54 Å². The van der Waals surface area contributed by atoms with Crippen LogP contribution in [0.3, 0.4) is 0 Å². The van der Waals surface area contributed by atoms with Crippen molar-refractivity contribution in [1.82, 2.24) is 14.8 Å². The third-order valence-electron chi connectivity index (χ3n) is 3.23. The standard InChI is InChI=1S/C16H12Cl2FN5S/c17-12-6-5-11(7-13(12)18)21-16(25)22-15-20-9-24(23-15)8-10-3-1-2-4-14(10)19/h1-7,9H,8H2,(H2,21,22,23,25). The van der Waals surface area contributed by atoms with Gasteiger partial charge in [0.2, 0.25) is 5.95 Å². The van der Waals surface area contributed by atoms with Crippen LogP contribution in [0.5, 0.6) is 0 Å². The molecule has 128 valence electrons. The van der Waals surface area contributed by atoms with Gasteiger partial charge in [0.15, 0.2) is 5.11 Å². The second-order valence-electron chi connectivity index (χ2n) is 5.07. The summed E-state index contributed by atoms with van der Waals surface area (Å²) in [5.74, 6) is 0.0122. The largest absolute Gasteiger partial charge is 0.332 e. The van der Waals surface area contributed by atoms with Crippen LogP contribution in [0.1, 0.15) is 5.56 Å². The van der Waals surface area contributed by atoms with Crippen molar-refractivity contribution in [2.75, 3.05) is 10.6 Å². The maximum Gasteiger partial charge on any atom is 0.248 e. The number of benzene rings is 2. The van der Waals surface area contributed by atoms with E-state index in [9.17, 15) is 4.39 Å². The van der Waals surface area contributed by atoms with E-state index in [1.807, 2.05) is 0 Å². The predicted octanol–water partition coefficient (Wildman–Crippen LogP) is 4.58. The summed E-state index contributed by atoms with van der Waals surface area (Å²) in [5, 5.41) is 11.2. The lowest BCUT2D eigenvalue weighted by molar-refractivity contribution is 0.585. The average molecular weight is 396 g/mol. The Morgan fingerprint density at radius 1 is 1.12 bits per heavy atom. The SMILES string of the molecule is Fc1ccccc1Cn1cnc(NC(=S)Nc2ccc(Cl)c(Cl)c2)n1. The molecule has 0 bridgehead atoms. The lowest BCUT2D eigenvalue weighted by Crippen LogP contribution is -2.20. The number of halogens is 3. The molecule has 0 aliphatic rings. The predicted molar refractivity (Wildman–Crippen MR) is 102 cm³/mol. The van der Waals surface area contributed by atoms with E-state index in [0.29, 0.717) is 32.4 Å². The first kappa shape index (κ1) is 17.6. The molecule has 1 aromatic heterocycles. The van der Waals surface area contributed by atoms with Crippen LogP contribution in [-0.4, -0.2) is 19.9 Å². The lowest BCUT2D eigenvalue weighted by Gasteiger charge is -2.08. The van der Waals surface area contributed by atoms with Crippen molar-refractivity contribution in [1.29, 1.82) is 0 Å². The van der Waals surface area contributed by atoms with E-state index in [2.05, 4.69) is 20.7 Å². The molecule has 0 aliphatic carbocycles. The number of rotatable bonds is 4. The van der Waals surface area contributed by atoms with Crippen molar-refractivity contribution >= 4 is 52.2 Å². The Balaban J connectivity index is 1.61. The summed E-state index contributed by atoms with van der Waals surface area (Å²) in [6.07, 6.45) is 1.50. The summed E-state index contributed by atoms with van der Waals surface area (Å²) in [7, 11) is 0. The molecule has 3 rings (SSSR count). The molecular formula is C16H12Cl2FN5S. The van der Waals surface area contributed by atoms with Gasteiger partial charge in [0.25, 0.3) is 0 Å². The van der Waals surface area contributed by atoms with Crippen molar-refractivity contribution in [3.05, 3.63) is 70.2 Å². The lowest BCUT2D eigenvalue weighted by atomic mass is 10.2. The van der Waals surface area contributed by atoms with Crippen molar-refractivity contribution in [2.45, 2.75) is 6.54 Å². The topological polar surface area (TPSA) is 54.8 Å². The fraction of sp³-hybridized carbons (Fsp3) is 0.0625. The van der Waals surface area contributed by atoms with Crippen molar-refractivity contribution in [2.24, 2.45) is 0 Å². The normalized spacial score (nSPS) is 10.5. The van der Waals surface area contributed by atoms with Crippen LogP contribution < -0.4 is 10.6 Å². The summed E-state index contributed by atoms with van der Waals surface area (Å²) >= 11 is 17.0. The smallest absolute Gasteiger partial charge is 0.248 e. The van der Waals surface area contributed by atoms with Gasteiger partial charge in [-0.3, -0.25) is 5.32 Å². The van der Waals surface area contributed by atoms with E-state index in [1.54, 1.807) is 36.4 Å². The molecular weight excluding hydrogens is 384 g/mol. The van der Waals surface area contributed by atoms with Gasteiger partial charge < -0.3 is 5.32 Å². The van der Waals surface area contributed by atoms with Gasteiger partial charge in [0, 0.05) is 11.3 Å². The number of aromatic nitrogens is 3. The molecule has 0 saturated heterocycles. The second-order valence-corrected chi connectivity index (χ2v) is 6.29. The molecule has 1 heterocycles. The molecule has 25 heavy (non-hydrogen) atoms. The highest BCUT2D eigenvalue weighted by molar-refractivity contribution is 7.80. The maximum atomic E-state index is 13.7. The summed E-state index contributed by atoms with van der Waals surface area (Å²) < 4.78 is 15.2. The van der Waals surface area contributed by atoms with Crippen molar-refractivity contribution in [3.63, 3.8) is 0 Å². The number of nitrogens with one attached hydrogen (secondary N) is 2. The molecule has 0 atom stereocenters. The van der Waals surface area contributed by atoms with Crippen LogP contribution in [0.4, 0.5) is 16.0 Å². The molecule has 5 nitrogen and oxygen atoms in total. The van der Waals surface area contributed by atoms with Crippen LogP contribution in [0.2, 0.25) is 10.0 Å². The van der Waals surface area contributed by atoms with Gasteiger partial charge in [-0.25, -0.2) is 14.1 Å². The Hall–Kier alpha value is -2.22. The Morgan fingerprint density at radius 3 is 2.68 bits per heavy atom. The van der Waals surface area contributed by atoms with Gasteiger partial charge in [0.1, 0.15) is 12.1 Å². The Bertz CT molecular complexity index is 915. The number of thiocarbonyl (C=S) groups is 1. The quantitative estimate of drug-likeness (QED) is 0.633. The van der Waals surface area contributed by atoms with Crippen molar-refractivity contribution < 1.29 is 4.39 Å². The molecule has 2 aromatic carbocycles. The number of hydrogen-bond acceptors (Lipinski definition) is 3. The molecule has 0 spiro atoms. The van der Waals surface area contributed by atoms with Crippen molar-refractivity contribution in [3.8, 4) is 0 Å². The fourth-order valence-electron chi connectivity index (χ4n) is 2.07. The number of anilines is 2. The third-order valence-corrected chi connectivity index (χ3v) is 4.17. The monoisotopic (exact) mass is 395 g/mol. The van der Waals surface area contributed by atoms with Gasteiger partial charge in [-0.15, -0.1) is 5.10 Å². The first-order valence-electron chi connectivity index (χ1n) is 7.17. The van der Waals surface area contributed by atoms with Gasteiger partial charge in [-0.2, -0.15) is 0 Å². The first-order valence-corrected chi connectivity index (χ1v) is 8.33. The summed E-state index contributed by atoms with van der Waals surface area (Å²) in [6, 6.07) is 11.6. The van der Waals surface area contributed by atoms with Crippen LogP contribution in [0, 0.1) is 5.82 Å². The fourth-order valence-corrected chi connectivity index (χ4v) is 2.57. The Kier molecular flexibility index (Phi) is 5.47. The van der Waals surface area contributed by atoms with E-state index >= 15 is 0 Å². The summed E-state index contributed by atoms with van der Waals surface area (Å²) in [4.78, 5) is 4.10. The molecule has 0 amide bonds. The van der Waals surface area contributed by atoms with Gasteiger partial charge in [-0.05, 0) is 36.5 Å². The van der Waals surface area contributed by atoms with Gasteiger partial charge in [-0.1, -0.05) is 41.4 Å². The highest BCUT2D eigenvalue weighted by atomic mass is 35.5. The average Bonchev–Trinajstić information content (AvgIpc) is 3.00. The van der Waals surface area contributed by atoms with Crippen LogP contribution in [0.25, 0.3) is 0 Å². The summed E-state index contributed by atoms with van der Waals surface area (Å²) in [5.41, 5.74) is 1.20. The first-order chi connectivity index (χ1) is 12.0. The minimum Gasteiger partial charge on any atom is -0.332 e. The molecule has 2 N–H and O–H groups in total. The van der Waals surface area contributed by atoms with E-state index in [0.717, 1.165) is 0 Å². The highest BCUT2D eigenvalue weighted by Gasteiger charge is 2.07. The van der Waals surface area contributed by atoms with Crippen LogP contribution in [0.15, 0.2) is 48.8 Å². The third kappa shape index (κ3) is 4.66. The Morgan fingerprint density at radius 2 is 1.92 bits per heavy atom. The second kappa shape index (κ2) is 7.77. The molecule has 0 unspecified atom stereocenters. The molecule has 0 fully saturated rings. The minimum atomic E-state index is -0.288. The maximum absolute atomic E-state index is 13.7. The molecule has 3 aromatic rings. The molecule has 0 saturated carbocycles. The van der Waals surface area contributed by atoms with E-state index in [1.165, 1.54) is 17.1 Å². The van der Waals surface area contributed by atoms with Crippen LogP contribution >= 0.6 is 35.4 Å². The van der Waals surface area contributed by atoms with Gasteiger partial charge in [0.05, 0.1) is 16.6 Å². The highest BCUT2D eigenvalue weighted by Crippen LogP contribution is 2.25. The zero-order valence-electron chi connectivity index (χ0n) is 12.7. The molecule has 9 heteroatoms. The molecule has 0 aliphatic heterocycles. The zero-order valence-corrected chi connectivity index (χ0v) is 15.0. The van der Waals surface area contributed by atoms with E-state index in [4.69, 9.17) is 35.4 Å². The zero-order chi connectivity index (χ0) is 17.8. The number of nitrogens with zero attached hydrogens (tertiary/aromatic N) is 3. The van der Waals surface area contributed by atoms with E-state index < -0.39 is 0 Å². The number of hydrogen-bond donors (Lipinski definition) is 2.